The molecule has 0 saturated carbocycles. The van der Waals surface area contributed by atoms with Gasteiger partial charge in [0.15, 0.2) is 0 Å². The van der Waals surface area contributed by atoms with Gasteiger partial charge in [-0.2, -0.15) is 12.7 Å². The number of rotatable bonds is 9. The van der Waals surface area contributed by atoms with Gasteiger partial charge in [-0.3, -0.25) is 9.59 Å². The van der Waals surface area contributed by atoms with Gasteiger partial charge in [-0.25, -0.2) is 4.31 Å². The van der Waals surface area contributed by atoms with Crippen LogP contribution in [0.5, 0.6) is 0 Å². The zero-order valence-electron chi connectivity index (χ0n) is 17.9. The summed E-state index contributed by atoms with van der Waals surface area (Å²) < 4.78 is 27.9. The topological polar surface area (TPSA) is 90.0 Å². The summed E-state index contributed by atoms with van der Waals surface area (Å²) in [6.07, 6.45) is 0. The van der Waals surface area contributed by atoms with Gasteiger partial charge in [-0.1, -0.05) is 41.9 Å². The van der Waals surface area contributed by atoms with Gasteiger partial charge in [-0.15, -0.1) is 0 Å². The molecule has 31 heavy (non-hydrogen) atoms. The van der Waals surface area contributed by atoms with Crippen LogP contribution in [-0.2, 0) is 26.3 Å². The zero-order valence-corrected chi connectivity index (χ0v) is 19.5. The standard InChI is InChI=1S/C21H27ClN4O4S/c1-16(21(28)23-2)25(14-17-10-12-18(22)13-11-17)20(27)15-26(31(29,30)24(3)4)19-8-6-5-7-9-19/h5-13,16H,14-15H2,1-4H3,(H,23,28). The SMILES string of the molecule is CNC(=O)C(C)N(Cc1ccc(Cl)cc1)C(=O)CN(c1ccccc1)S(=O)(=O)N(C)C. The normalized spacial score (nSPS) is 12.3. The maximum Gasteiger partial charge on any atom is 0.304 e. The van der Waals surface area contributed by atoms with Crippen molar-refractivity contribution < 1.29 is 18.0 Å². The van der Waals surface area contributed by atoms with Crippen molar-refractivity contribution >= 4 is 39.3 Å². The molecule has 0 aromatic heterocycles. The molecule has 2 amide bonds. The molecule has 1 unspecified atom stereocenters. The van der Waals surface area contributed by atoms with E-state index in [2.05, 4.69) is 5.32 Å². The van der Waals surface area contributed by atoms with Gasteiger partial charge in [0.1, 0.15) is 12.6 Å². The highest BCUT2D eigenvalue weighted by Gasteiger charge is 2.32. The van der Waals surface area contributed by atoms with Crippen LogP contribution in [0.1, 0.15) is 12.5 Å². The Kier molecular flexibility index (Phi) is 8.43. The van der Waals surface area contributed by atoms with Crippen LogP contribution in [-0.4, -0.2) is 63.2 Å². The van der Waals surface area contributed by atoms with E-state index in [4.69, 9.17) is 11.6 Å². The van der Waals surface area contributed by atoms with Crippen LogP contribution in [0.4, 0.5) is 5.69 Å². The molecule has 168 valence electrons. The Morgan fingerprint density at radius 1 is 1.03 bits per heavy atom. The highest BCUT2D eigenvalue weighted by molar-refractivity contribution is 7.90. The van der Waals surface area contributed by atoms with Gasteiger partial charge in [0.05, 0.1) is 5.69 Å². The second-order valence-electron chi connectivity index (χ2n) is 7.07. The Balaban J connectivity index is 2.40. The minimum Gasteiger partial charge on any atom is -0.357 e. The smallest absolute Gasteiger partial charge is 0.304 e. The predicted molar refractivity (Wildman–Crippen MR) is 122 cm³/mol. The van der Waals surface area contributed by atoms with E-state index in [1.807, 2.05) is 0 Å². The molecule has 1 N–H and O–H groups in total. The van der Waals surface area contributed by atoms with Crippen LogP contribution in [0.3, 0.4) is 0 Å². The fraction of sp³-hybridized carbons (Fsp3) is 0.333. The second-order valence-corrected chi connectivity index (χ2v) is 9.57. The van der Waals surface area contributed by atoms with Gasteiger partial charge in [0.25, 0.3) is 0 Å². The Morgan fingerprint density at radius 2 is 1.61 bits per heavy atom. The highest BCUT2D eigenvalue weighted by Crippen LogP contribution is 2.20. The molecule has 1 atom stereocenters. The molecule has 10 heteroatoms. The van der Waals surface area contributed by atoms with Crippen molar-refractivity contribution in [2.45, 2.75) is 19.5 Å². The summed E-state index contributed by atoms with van der Waals surface area (Å²) in [7, 11) is 0.328. The third kappa shape index (κ3) is 6.19. The van der Waals surface area contributed by atoms with Crippen molar-refractivity contribution in [1.29, 1.82) is 0 Å². The zero-order chi connectivity index (χ0) is 23.2. The molecule has 8 nitrogen and oxygen atoms in total. The lowest BCUT2D eigenvalue weighted by molar-refractivity contribution is -0.139. The van der Waals surface area contributed by atoms with Crippen molar-refractivity contribution in [1.82, 2.24) is 14.5 Å². The molecule has 0 fully saturated rings. The number of hydrogen-bond acceptors (Lipinski definition) is 4. The average molecular weight is 467 g/mol. The average Bonchev–Trinajstić information content (AvgIpc) is 2.76. The van der Waals surface area contributed by atoms with Crippen molar-refractivity contribution in [3.8, 4) is 0 Å². The lowest BCUT2D eigenvalue weighted by Gasteiger charge is -2.32. The number of nitrogens with one attached hydrogen (secondary N) is 1. The number of para-hydroxylation sites is 1. The van der Waals surface area contributed by atoms with Gasteiger partial charge in [0, 0.05) is 32.7 Å². The van der Waals surface area contributed by atoms with Crippen molar-refractivity contribution in [2.75, 3.05) is 32.0 Å². The van der Waals surface area contributed by atoms with Crippen LogP contribution in [0, 0.1) is 0 Å². The second kappa shape index (κ2) is 10.6. The van der Waals surface area contributed by atoms with Gasteiger partial charge < -0.3 is 10.2 Å². The summed E-state index contributed by atoms with van der Waals surface area (Å²) >= 11 is 5.94. The number of halogens is 1. The van der Waals surface area contributed by atoms with Gasteiger partial charge in [0.2, 0.25) is 11.8 Å². The number of hydrogen-bond donors (Lipinski definition) is 1. The monoisotopic (exact) mass is 466 g/mol. The Morgan fingerprint density at radius 3 is 2.13 bits per heavy atom. The Labute approximate surface area is 188 Å². The fourth-order valence-electron chi connectivity index (χ4n) is 2.89. The fourth-order valence-corrected chi connectivity index (χ4v) is 4.07. The van der Waals surface area contributed by atoms with E-state index in [9.17, 15) is 18.0 Å². The van der Waals surface area contributed by atoms with E-state index in [1.165, 1.54) is 26.0 Å². The molecule has 2 aromatic rings. The maximum atomic E-state index is 13.3. The molecule has 0 heterocycles. The molecule has 0 aliphatic heterocycles. The molecular weight excluding hydrogens is 440 g/mol. The Hall–Kier alpha value is -2.62. The number of nitrogens with zero attached hydrogens (tertiary/aromatic N) is 3. The molecule has 0 aliphatic rings. The van der Waals surface area contributed by atoms with Gasteiger partial charge in [-0.05, 0) is 36.8 Å². The maximum absolute atomic E-state index is 13.3. The first-order valence-corrected chi connectivity index (χ1v) is 11.4. The highest BCUT2D eigenvalue weighted by atomic mass is 35.5. The van der Waals surface area contributed by atoms with E-state index < -0.39 is 28.7 Å². The number of anilines is 1. The summed E-state index contributed by atoms with van der Waals surface area (Å²) in [5, 5.41) is 3.08. The summed E-state index contributed by atoms with van der Waals surface area (Å²) in [5.74, 6) is -0.871. The van der Waals surface area contributed by atoms with E-state index in [0.29, 0.717) is 10.7 Å². The van der Waals surface area contributed by atoms with E-state index in [-0.39, 0.29) is 12.5 Å². The number of benzene rings is 2. The van der Waals surface area contributed by atoms with Crippen molar-refractivity contribution in [3.05, 3.63) is 65.2 Å². The quantitative estimate of drug-likeness (QED) is 0.613. The first-order valence-electron chi connectivity index (χ1n) is 9.58. The summed E-state index contributed by atoms with van der Waals surface area (Å²) in [6.45, 7) is 1.26. The first-order chi connectivity index (χ1) is 14.6. The summed E-state index contributed by atoms with van der Waals surface area (Å²) in [5.41, 5.74) is 1.11. The number of likely N-dealkylation sites (N-methyl/N-ethyl adjacent to an activating group) is 1. The molecular formula is C21H27ClN4O4S. The molecule has 0 bridgehead atoms. The first kappa shape index (κ1) is 24.6. The number of carbonyl (C=O) groups excluding carboxylic acids is 2. The van der Waals surface area contributed by atoms with Crippen molar-refractivity contribution in [2.24, 2.45) is 0 Å². The third-order valence-electron chi connectivity index (χ3n) is 4.74. The number of amides is 2. The van der Waals surface area contributed by atoms with Crippen LogP contribution < -0.4 is 9.62 Å². The lowest BCUT2D eigenvalue weighted by atomic mass is 10.1. The predicted octanol–water partition coefficient (Wildman–Crippen LogP) is 2.12. The van der Waals surface area contributed by atoms with Crippen molar-refractivity contribution in [3.63, 3.8) is 0 Å². The molecule has 0 saturated heterocycles. The van der Waals surface area contributed by atoms with E-state index in [1.54, 1.807) is 61.5 Å². The molecule has 0 radical (unpaired) electrons. The molecule has 2 aromatic carbocycles. The largest absolute Gasteiger partial charge is 0.357 e. The summed E-state index contributed by atoms with van der Waals surface area (Å²) in [6, 6.07) is 14.4. The van der Waals surface area contributed by atoms with E-state index >= 15 is 0 Å². The van der Waals surface area contributed by atoms with Crippen LogP contribution in [0.15, 0.2) is 54.6 Å². The Bertz CT molecular complexity index is 998. The lowest BCUT2D eigenvalue weighted by Crippen LogP contribution is -2.52. The van der Waals surface area contributed by atoms with E-state index in [0.717, 1.165) is 14.2 Å². The number of carbonyl (C=O) groups is 2. The minimum atomic E-state index is -3.95. The van der Waals surface area contributed by atoms with Gasteiger partial charge >= 0.3 is 10.2 Å². The summed E-state index contributed by atoms with van der Waals surface area (Å²) in [4.78, 5) is 27.0. The van der Waals surface area contributed by atoms with Crippen LogP contribution in [0.2, 0.25) is 5.02 Å². The van der Waals surface area contributed by atoms with Crippen LogP contribution in [0.25, 0.3) is 0 Å². The molecule has 0 aliphatic carbocycles. The minimum absolute atomic E-state index is 0.120. The molecule has 0 spiro atoms. The van der Waals surface area contributed by atoms with Crippen LogP contribution >= 0.6 is 11.6 Å². The third-order valence-corrected chi connectivity index (χ3v) is 6.81. The molecule has 2 rings (SSSR count).